The fourth-order valence-electron chi connectivity index (χ4n) is 5.08. The Hall–Kier alpha value is -1.75. The van der Waals surface area contributed by atoms with Crippen LogP contribution in [0.5, 0.6) is 0 Å². The molecule has 2 N–H and O–H groups in total. The van der Waals surface area contributed by atoms with Crippen LogP contribution in [0, 0.1) is 12.8 Å². The van der Waals surface area contributed by atoms with Crippen molar-refractivity contribution in [2.45, 2.75) is 70.6 Å². The maximum absolute atomic E-state index is 13.3. The predicted molar refractivity (Wildman–Crippen MR) is 157 cm³/mol. The van der Waals surface area contributed by atoms with E-state index in [0.29, 0.717) is 36.9 Å². The van der Waals surface area contributed by atoms with Crippen LogP contribution in [0.15, 0.2) is 42.5 Å². The summed E-state index contributed by atoms with van der Waals surface area (Å²) in [5.41, 5.74) is 4.20. The predicted octanol–water partition coefficient (Wildman–Crippen LogP) is 5.45. The molecule has 0 aromatic heterocycles. The fourth-order valence-corrected chi connectivity index (χ4v) is 5.56. The topological polar surface area (TPSA) is 84.9 Å². The van der Waals surface area contributed by atoms with Gasteiger partial charge in [0.15, 0.2) is 0 Å². The van der Waals surface area contributed by atoms with Crippen LogP contribution >= 0.6 is 11.8 Å². The Labute approximate surface area is 243 Å². The number of benzene rings is 2. The molecule has 6 nitrogen and oxygen atoms in total. The Morgan fingerprint density at radius 1 is 1.11 bits per heavy atom. The zero-order valence-electron chi connectivity index (χ0n) is 22.3. The fraction of sp³-hybridized carbons (Fsp3) is 0.533. The summed E-state index contributed by atoms with van der Waals surface area (Å²) in [6.45, 7) is 3.00. The first-order chi connectivity index (χ1) is 17.9. The second-order valence-electron chi connectivity index (χ2n) is 9.97. The van der Waals surface area contributed by atoms with E-state index in [-0.39, 0.29) is 30.9 Å². The molecule has 38 heavy (non-hydrogen) atoms. The second kappa shape index (κ2) is 17.0. The first-order valence-electron chi connectivity index (χ1n) is 13.2. The number of carbonyl (C=O) groups excluding carboxylic acids is 1. The number of aliphatic carboxylic acids is 1. The van der Waals surface area contributed by atoms with Crippen LogP contribution in [0.4, 0.5) is 0 Å². The van der Waals surface area contributed by atoms with Crippen molar-refractivity contribution >= 4 is 42.5 Å². The summed E-state index contributed by atoms with van der Waals surface area (Å²) in [7, 11) is 1.71. The van der Waals surface area contributed by atoms with Gasteiger partial charge in [0, 0.05) is 12.7 Å². The molecule has 3 rings (SSSR count). The summed E-state index contributed by atoms with van der Waals surface area (Å²) >= 11 is 1.56. The van der Waals surface area contributed by atoms with Crippen molar-refractivity contribution in [1.82, 2.24) is 5.32 Å². The van der Waals surface area contributed by atoms with E-state index < -0.39 is 12.0 Å². The molecule has 2 unspecified atom stereocenters. The van der Waals surface area contributed by atoms with Gasteiger partial charge < -0.3 is 19.9 Å². The number of carboxylic acids is 1. The van der Waals surface area contributed by atoms with Crippen LogP contribution in [-0.4, -0.2) is 73.7 Å². The SMILES string of the molecule is COCC(CC1CCCCC1)OCc1ccc(C(=O)NC(CCSC)C(=O)O)c(-c2ccccc2C)c1.[LiH]. The van der Waals surface area contributed by atoms with Gasteiger partial charge in [-0.15, -0.1) is 0 Å². The van der Waals surface area contributed by atoms with Crippen molar-refractivity contribution in [3.8, 4) is 11.1 Å². The number of carbonyl (C=O) groups is 2. The third-order valence-electron chi connectivity index (χ3n) is 7.14. The molecule has 1 fully saturated rings. The Morgan fingerprint density at radius 2 is 1.84 bits per heavy atom. The van der Waals surface area contributed by atoms with E-state index in [2.05, 4.69) is 5.32 Å². The van der Waals surface area contributed by atoms with Crippen molar-refractivity contribution in [2.75, 3.05) is 25.7 Å². The van der Waals surface area contributed by atoms with Gasteiger partial charge in [-0.2, -0.15) is 11.8 Å². The number of methoxy groups -OCH3 is 1. The zero-order chi connectivity index (χ0) is 26.6. The molecule has 0 radical (unpaired) electrons. The first kappa shape index (κ1) is 32.5. The average molecular weight is 536 g/mol. The van der Waals surface area contributed by atoms with Crippen molar-refractivity contribution < 1.29 is 24.2 Å². The van der Waals surface area contributed by atoms with E-state index in [1.807, 2.05) is 49.6 Å². The van der Waals surface area contributed by atoms with Crippen LogP contribution in [0.2, 0.25) is 0 Å². The van der Waals surface area contributed by atoms with Crippen LogP contribution in [-0.2, 0) is 20.9 Å². The van der Waals surface area contributed by atoms with Gasteiger partial charge >= 0.3 is 24.8 Å². The number of ether oxygens (including phenoxy) is 2. The third-order valence-corrected chi connectivity index (χ3v) is 7.78. The molecular weight excluding hydrogens is 493 g/mol. The van der Waals surface area contributed by atoms with E-state index >= 15 is 0 Å². The van der Waals surface area contributed by atoms with Crippen LogP contribution in [0.3, 0.4) is 0 Å². The molecule has 0 aliphatic heterocycles. The van der Waals surface area contributed by atoms with Gasteiger partial charge in [0.25, 0.3) is 5.91 Å². The Bertz CT molecular complexity index is 1030. The van der Waals surface area contributed by atoms with Gasteiger partial charge in [-0.3, -0.25) is 4.79 Å². The molecule has 0 bridgehead atoms. The van der Waals surface area contributed by atoms with Gasteiger partial charge in [-0.05, 0) is 72.1 Å². The number of rotatable bonds is 14. The molecule has 0 heterocycles. The summed E-state index contributed by atoms with van der Waals surface area (Å²) in [5.74, 6) is -0.0571. The van der Waals surface area contributed by atoms with Crippen molar-refractivity contribution in [2.24, 2.45) is 5.92 Å². The summed E-state index contributed by atoms with van der Waals surface area (Å²) in [6, 6.07) is 12.7. The minimum atomic E-state index is -1.02. The summed E-state index contributed by atoms with van der Waals surface area (Å²) in [4.78, 5) is 25.0. The first-order valence-corrected chi connectivity index (χ1v) is 14.6. The summed E-state index contributed by atoms with van der Waals surface area (Å²) in [5, 5.41) is 12.3. The quantitative estimate of drug-likeness (QED) is 0.313. The molecule has 1 amide bonds. The number of nitrogens with one attached hydrogen (secondary N) is 1. The van der Waals surface area contributed by atoms with E-state index in [1.165, 1.54) is 32.1 Å². The number of hydrogen-bond donors (Lipinski definition) is 2. The molecule has 204 valence electrons. The summed E-state index contributed by atoms with van der Waals surface area (Å²) < 4.78 is 11.8. The molecule has 2 aromatic carbocycles. The van der Waals surface area contributed by atoms with Gasteiger partial charge in [0.2, 0.25) is 0 Å². The third kappa shape index (κ3) is 9.77. The average Bonchev–Trinajstić information content (AvgIpc) is 2.90. The van der Waals surface area contributed by atoms with Gasteiger partial charge in [-0.25, -0.2) is 4.79 Å². The molecule has 2 atom stereocenters. The molecule has 1 saturated carbocycles. The number of thioether (sulfide) groups is 1. The second-order valence-corrected chi connectivity index (χ2v) is 11.0. The standard InChI is InChI=1S/C30H41NO5S.Li.H/c1-21-9-7-8-12-25(21)27-18-23(19-36-24(20-35-2)17-22-10-5-4-6-11-22)13-14-26(27)29(32)31-28(30(33)34)15-16-37-3;;/h7-9,12-14,18,22,24,28H,4-6,10-11,15-17,19-20H2,1-3H3,(H,31,32)(H,33,34);;. The van der Waals surface area contributed by atoms with E-state index in [0.717, 1.165) is 28.7 Å². The van der Waals surface area contributed by atoms with Gasteiger partial charge in [0.1, 0.15) is 6.04 Å². The van der Waals surface area contributed by atoms with Crippen molar-refractivity contribution in [3.63, 3.8) is 0 Å². The van der Waals surface area contributed by atoms with Crippen molar-refractivity contribution in [3.05, 3.63) is 59.2 Å². The molecular formula is C30H42LiNO5S. The molecule has 1 aliphatic rings. The number of carboxylic acid groups (broad SMARTS) is 1. The van der Waals surface area contributed by atoms with E-state index in [1.54, 1.807) is 24.9 Å². The normalized spacial score (nSPS) is 15.3. The van der Waals surface area contributed by atoms with Crippen LogP contribution in [0.1, 0.15) is 66.4 Å². The number of amides is 1. The summed E-state index contributed by atoms with van der Waals surface area (Å²) in [6.07, 6.45) is 9.79. The Morgan fingerprint density at radius 3 is 2.50 bits per heavy atom. The zero-order valence-corrected chi connectivity index (χ0v) is 23.1. The molecule has 0 spiro atoms. The van der Waals surface area contributed by atoms with E-state index in [4.69, 9.17) is 9.47 Å². The van der Waals surface area contributed by atoms with Crippen molar-refractivity contribution in [1.29, 1.82) is 0 Å². The molecule has 8 heteroatoms. The van der Waals surface area contributed by atoms with Crippen LogP contribution in [0.25, 0.3) is 11.1 Å². The number of hydrogen-bond acceptors (Lipinski definition) is 5. The Balaban J connectivity index is 0.00000507. The van der Waals surface area contributed by atoms with E-state index in [9.17, 15) is 14.7 Å². The molecule has 1 aliphatic carbocycles. The number of aryl methyl sites for hydroxylation is 1. The molecule has 2 aromatic rings. The Kier molecular flexibility index (Phi) is 14.6. The monoisotopic (exact) mass is 535 g/mol. The maximum atomic E-state index is 13.3. The van der Waals surface area contributed by atoms with Crippen LogP contribution < -0.4 is 5.32 Å². The van der Waals surface area contributed by atoms with Gasteiger partial charge in [0.05, 0.1) is 19.3 Å². The minimum absolute atomic E-state index is 0. The molecule has 0 saturated heterocycles. The van der Waals surface area contributed by atoms with Gasteiger partial charge in [-0.1, -0.05) is 62.4 Å².